The van der Waals surface area contributed by atoms with E-state index in [1.807, 2.05) is 36.1 Å². The molecule has 4 aromatic rings. The summed E-state index contributed by atoms with van der Waals surface area (Å²) in [6, 6.07) is 16.7. The van der Waals surface area contributed by atoms with Crippen LogP contribution in [0.4, 0.5) is 11.4 Å². The summed E-state index contributed by atoms with van der Waals surface area (Å²) in [6.07, 6.45) is 4.12. The Morgan fingerprint density at radius 3 is 2.31 bits per heavy atom. The minimum absolute atomic E-state index is 0.00293. The predicted octanol–water partition coefficient (Wildman–Crippen LogP) is 6.45. The van der Waals surface area contributed by atoms with Crippen molar-refractivity contribution in [3.63, 3.8) is 0 Å². The molecule has 1 aliphatic rings. The molecule has 0 radical (unpaired) electrons. The topological polar surface area (TPSA) is 156 Å². The van der Waals surface area contributed by atoms with Gasteiger partial charge in [0, 0.05) is 37.1 Å². The standard InChI is InChI=1S/C39H46N6O7/c1-6-8-16-43(17-9-7-2)39(49)34-18-25(3)45(41-34)35-15-14-28(40-37(47)32-21-30(51-4)22-33(42-50)36(32)52-5)20-31(35)38(48)44-23-27-13-11-10-12-26(27)19-29(44)24-46/h10-15,18,20-22,29,46H,6-9,16-17,19,23-24H2,1-5H3,(H,40,47)/t29-/m0/s1. The van der Waals surface area contributed by atoms with Crippen molar-refractivity contribution in [3.05, 3.63) is 99.2 Å². The maximum atomic E-state index is 14.6. The molecule has 0 fully saturated rings. The third-order valence-electron chi connectivity index (χ3n) is 9.32. The minimum atomic E-state index is -0.630. The number of aliphatic hydroxyl groups is 1. The van der Waals surface area contributed by atoms with Gasteiger partial charge in [-0.3, -0.25) is 14.4 Å². The first kappa shape index (κ1) is 37.7. The molecule has 0 bridgehead atoms. The van der Waals surface area contributed by atoms with Crippen molar-refractivity contribution in [2.24, 2.45) is 5.18 Å². The zero-order valence-corrected chi connectivity index (χ0v) is 30.3. The molecule has 2 heterocycles. The number of aryl methyl sites for hydroxylation is 1. The lowest BCUT2D eigenvalue weighted by atomic mass is 9.93. The molecular formula is C39H46N6O7. The van der Waals surface area contributed by atoms with Crippen molar-refractivity contribution in [1.82, 2.24) is 19.6 Å². The summed E-state index contributed by atoms with van der Waals surface area (Å²) in [6.45, 7) is 7.26. The number of nitrogens with zero attached hydrogens (tertiary/aromatic N) is 5. The quantitative estimate of drug-likeness (QED) is 0.133. The van der Waals surface area contributed by atoms with Crippen molar-refractivity contribution in [3.8, 4) is 17.2 Å². The van der Waals surface area contributed by atoms with E-state index in [0.717, 1.165) is 36.8 Å². The van der Waals surface area contributed by atoms with Gasteiger partial charge in [0.25, 0.3) is 17.7 Å². The molecule has 0 unspecified atom stereocenters. The van der Waals surface area contributed by atoms with Crippen molar-refractivity contribution < 1.29 is 29.0 Å². The summed E-state index contributed by atoms with van der Waals surface area (Å²) < 4.78 is 12.2. The lowest BCUT2D eigenvalue weighted by Crippen LogP contribution is -2.46. The molecule has 3 aromatic carbocycles. The number of nitrogens with one attached hydrogen (secondary N) is 1. The number of nitroso groups, excluding NO2 is 1. The Morgan fingerprint density at radius 2 is 1.67 bits per heavy atom. The number of hydrogen-bond donors (Lipinski definition) is 2. The molecule has 0 aliphatic carbocycles. The monoisotopic (exact) mass is 710 g/mol. The van der Waals surface area contributed by atoms with Gasteiger partial charge in [0.05, 0.1) is 43.7 Å². The van der Waals surface area contributed by atoms with E-state index in [0.29, 0.717) is 30.9 Å². The number of ether oxygens (including phenoxy) is 2. The Bertz CT molecular complexity index is 1930. The second-order valence-corrected chi connectivity index (χ2v) is 12.8. The number of fused-ring (bicyclic) bond motifs is 1. The number of rotatable bonds is 15. The average molecular weight is 711 g/mol. The molecule has 0 spiro atoms. The lowest BCUT2D eigenvalue weighted by molar-refractivity contribution is 0.0544. The third kappa shape index (κ3) is 7.99. The fraction of sp³-hybridized carbons (Fsp3) is 0.385. The summed E-state index contributed by atoms with van der Waals surface area (Å²) >= 11 is 0. The number of unbranched alkanes of at least 4 members (excludes halogenated alkanes) is 2. The predicted molar refractivity (Wildman–Crippen MR) is 198 cm³/mol. The van der Waals surface area contributed by atoms with Gasteiger partial charge in [-0.05, 0) is 72.8 Å². The highest BCUT2D eigenvalue weighted by Crippen LogP contribution is 2.36. The van der Waals surface area contributed by atoms with Crippen LogP contribution in [0.5, 0.6) is 11.5 Å². The van der Waals surface area contributed by atoms with E-state index in [-0.39, 0.29) is 64.7 Å². The molecular weight excluding hydrogens is 664 g/mol. The van der Waals surface area contributed by atoms with Crippen LogP contribution in [0.2, 0.25) is 0 Å². The number of amides is 3. The molecule has 0 saturated carbocycles. The molecule has 5 rings (SSSR count). The van der Waals surface area contributed by atoms with Crippen LogP contribution >= 0.6 is 0 Å². The van der Waals surface area contributed by atoms with E-state index < -0.39 is 11.9 Å². The van der Waals surface area contributed by atoms with E-state index >= 15 is 0 Å². The van der Waals surface area contributed by atoms with Gasteiger partial charge in [-0.1, -0.05) is 51.0 Å². The molecule has 1 aromatic heterocycles. The molecule has 2 N–H and O–H groups in total. The van der Waals surface area contributed by atoms with E-state index in [1.165, 1.54) is 26.4 Å². The molecule has 0 saturated heterocycles. The molecule has 13 nitrogen and oxygen atoms in total. The summed E-state index contributed by atoms with van der Waals surface area (Å²) in [5, 5.41) is 21.0. The first-order chi connectivity index (χ1) is 25.2. The highest BCUT2D eigenvalue weighted by molar-refractivity contribution is 6.08. The maximum absolute atomic E-state index is 14.6. The molecule has 1 atom stereocenters. The lowest BCUT2D eigenvalue weighted by Gasteiger charge is -2.36. The fourth-order valence-corrected chi connectivity index (χ4v) is 6.47. The average Bonchev–Trinajstić information content (AvgIpc) is 3.56. The third-order valence-corrected chi connectivity index (χ3v) is 9.32. The smallest absolute Gasteiger partial charge is 0.274 e. The van der Waals surface area contributed by atoms with Gasteiger partial charge in [-0.25, -0.2) is 4.68 Å². The summed E-state index contributed by atoms with van der Waals surface area (Å²) in [4.78, 5) is 57.1. The number of benzene rings is 3. The van der Waals surface area contributed by atoms with E-state index in [4.69, 9.17) is 14.6 Å². The maximum Gasteiger partial charge on any atom is 0.274 e. The van der Waals surface area contributed by atoms with Crippen molar-refractivity contribution in [1.29, 1.82) is 0 Å². The number of anilines is 1. The van der Waals surface area contributed by atoms with Crippen LogP contribution in [0.3, 0.4) is 0 Å². The number of carbonyl (C=O) groups is 3. The van der Waals surface area contributed by atoms with Gasteiger partial charge >= 0.3 is 0 Å². The van der Waals surface area contributed by atoms with Crippen molar-refractivity contribution in [2.45, 2.75) is 65.5 Å². The van der Waals surface area contributed by atoms with Crippen LogP contribution < -0.4 is 14.8 Å². The summed E-state index contributed by atoms with van der Waals surface area (Å²) in [5.74, 6) is -0.995. The Kier molecular flexibility index (Phi) is 12.4. The Balaban J connectivity index is 1.58. The Morgan fingerprint density at radius 1 is 0.962 bits per heavy atom. The van der Waals surface area contributed by atoms with Crippen LogP contribution in [0.1, 0.15) is 87.6 Å². The molecule has 1 aliphatic heterocycles. The largest absolute Gasteiger partial charge is 0.497 e. The second-order valence-electron chi connectivity index (χ2n) is 12.8. The Hall–Kier alpha value is -5.56. The number of methoxy groups -OCH3 is 2. The van der Waals surface area contributed by atoms with Gasteiger partial charge in [0.1, 0.15) is 5.75 Å². The van der Waals surface area contributed by atoms with Crippen LogP contribution in [0, 0.1) is 11.8 Å². The minimum Gasteiger partial charge on any atom is -0.497 e. The second kappa shape index (κ2) is 17.1. The van der Waals surface area contributed by atoms with Gasteiger partial charge in [0.2, 0.25) is 0 Å². The zero-order valence-electron chi connectivity index (χ0n) is 30.3. The summed E-state index contributed by atoms with van der Waals surface area (Å²) in [7, 11) is 2.73. The van der Waals surface area contributed by atoms with Crippen LogP contribution in [-0.2, 0) is 13.0 Å². The zero-order chi connectivity index (χ0) is 37.4. The van der Waals surface area contributed by atoms with Gasteiger partial charge in [-0.15, -0.1) is 4.91 Å². The normalized spacial score (nSPS) is 13.7. The van der Waals surface area contributed by atoms with Crippen LogP contribution in [0.25, 0.3) is 5.69 Å². The van der Waals surface area contributed by atoms with E-state index in [1.54, 1.807) is 33.8 Å². The van der Waals surface area contributed by atoms with E-state index in [9.17, 15) is 24.4 Å². The Labute approximate surface area is 303 Å². The fourth-order valence-electron chi connectivity index (χ4n) is 6.47. The van der Waals surface area contributed by atoms with Gasteiger partial charge < -0.3 is 29.7 Å². The number of carbonyl (C=O) groups excluding carboxylic acids is 3. The highest BCUT2D eigenvalue weighted by atomic mass is 16.5. The number of aromatic nitrogens is 2. The van der Waals surface area contributed by atoms with Gasteiger partial charge in [0.15, 0.2) is 17.1 Å². The first-order valence-electron chi connectivity index (χ1n) is 17.6. The molecule has 274 valence electrons. The van der Waals surface area contributed by atoms with Gasteiger partial charge in [-0.2, -0.15) is 5.10 Å². The summed E-state index contributed by atoms with van der Waals surface area (Å²) in [5.41, 5.74) is 3.70. The number of aliphatic hydroxyl groups excluding tert-OH is 1. The SMILES string of the molecule is CCCCN(CCCC)C(=O)c1cc(C)n(-c2ccc(NC(=O)c3cc(OC)cc(N=O)c3OC)cc2C(=O)N2Cc3ccccc3C[C@H]2CO)n1. The number of hydrogen-bond acceptors (Lipinski definition) is 9. The molecule has 13 heteroatoms. The highest BCUT2D eigenvalue weighted by Gasteiger charge is 2.32. The van der Waals surface area contributed by atoms with Crippen molar-refractivity contribution in [2.75, 3.05) is 39.2 Å². The van der Waals surface area contributed by atoms with Crippen LogP contribution in [0.15, 0.2) is 65.8 Å². The van der Waals surface area contributed by atoms with Crippen molar-refractivity contribution >= 4 is 29.1 Å². The molecule has 3 amide bonds. The first-order valence-corrected chi connectivity index (χ1v) is 17.6. The van der Waals surface area contributed by atoms with E-state index in [2.05, 4.69) is 24.3 Å². The van der Waals surface area contributed by atoms with Crippen LogP contribution in [-0.4, -0.2) is 82.4 Å². The molecule has 52 heavy (non-hydrogen) atoms.